The van der Waals surface area contributed by atoms with Crippen LogP contribution in [0.4, 0.5) is 5.95 Å². The summed E-state index contributed by atoms with van der Waals surface area (Å²) in [7, 11) is 0. The van der Waals surface area contributed by atoms with Gasteiger partial charge in [-0.2, -0.15) is 0 Å². The number of nitrogens with zero attached hydrogens (tertiary/aromatic N) is 1. The first-order valence-electron chi connectivity index (χ1n) is 7.38. The van der Waals surface area contributed by atoms with Crippen LogP contribution in [0.2, 0.25) is 0 Å². The highest BCUT2D eigenvalue weighted by Gasteiger charge is 2.19. The zero-order chi connectivity index (χ0) is 16.6. The van der Waals surface area contributed by atoms with Crippen molar-refractivity contribution in [2.75, 3.05) is 5.32 Å². The summed E-state index contributed by atoms with van der Waals surface area (Å²) in [6.45, 7) is 4.73. The van der Waals surface area contributed by atoms with Gasteiger partial charge in [-0.05, 0) is 43.7 Å². The molecule has 0 unspecified atom stereocenters. The van der Waals surface area contributed by atoms with Gasteiger partial charge in [-0.15, -0.1) is 0 Å². The smallest absolute Gasteiger partial charge is 0.356 e. The second-order valence-electron chi connectivity index (χ2n) is 5.68. The lowest BCUT2D eigenvalue weighted by molar-refractivity contribution is -0.677. The maximum absolute atomic E-state index is 12.2. The van der Waals surface area contributed by atoms with E-state index in [-0.39, 0.29) is 5.75 Å². The monoisotopic (exact) mass is 437 g/mol. The molecule has 0 amide bonds. The first kappa shape index (κ1) is 16.3. The number of para-hydroxylation sites is 2. The maximum Gasteiger partial charge on any atom is 0.356 e. The summed E-state index contributed by atoms with van der Waals surface area (Å²) in [6, 6.07) is 12.1. The van der Waals surface area contributed by atoms with Crippen LogP contribution in [0.3, 0.4) is 0 Å². The fourth-order valence-corrected chi connectivity index (χ4v) is 4.00. The minimum atomic E-state index is 0.00732. The van der Waals surface area contributed by atoms with Crippen LogP contribution in [0.25, 0.3) is 11.0 Å². The summed E-state index contributed by atoms with van der Waals surface area (Å²) in [5.74, 6) is 0.907. The molecule has 120 valence electrons. The summed E-state index contributed by atoms with van der Waals surface area (Å²) in [5.41, 5.74) is 2.92. The number of fused-ring (bicyclic) bond motifs is 1. The van der Waals surface area contributed by atoms with Gasteiger partial charge in [0.25, 0.3) is 0 Å². The molecule has 0 spiro atoms. The minimum Gasteiger partial charge on any atom is -0.871 e. The Morgan fingerprint density at radius 3 is 2.70 bits per heavy atom. The number of anilines is 1. The van der Waals surface area contributed by atoms with Crippen molar-refractivity contribution in [2.24, 2.45) is 0 Å². The SMILES string of the molecule is CC(C)[n+]1c(NCc2cc(Br)cc(Br)c2[O-])[nH]c2ccccc21. The topological polar surface area (TPSA) is 54.8 Å². The molecule has 0 radical (unpaired) electrons. The van der Waals surface area contributed by atoms with Crippen molar-refractivity contribution in [3.63, 3.8) is 0 Å². The van der Waals surface area contributed by atoms with Crippen molar-refractivity contribution in [3.8, 4) is 5.75 Å². The van der Waals surface area contributed by atoms with Crippen molar-refractivity contribution < 1.29 is 9.67 Å². The highest BCUT2D eigenvalue weighted by atomic mass is 79.9. The first-order chi connectivity index (χ1) is 11.0. The van der Waals surface area contributed by atoms with E-state index in [1.54, 1.807) is 6.07 Å². The number of benzene rings is 2. The third kappa shape index (κ3) is 3.23. The van der Waals surface area contributed by atoms with Gasteiger partial charge in [0.2, 0.25) is 0 Å². The quantitative estimate of drug-likeness (QED) is 0.598. The van der Waals surface area contributed by atoms with Crippen LogP contribution >= 0.6 is 31.9 Å². The summed E-state index contributed by atoms with van der Waals surface area (Å²) in [4.78, 5) is 3.39. The van der Waals surface area contributed by atoms with Gasteiger partial charge in [-0.3, -0.25) is 5.32 Å². The molecule has 0 atom stereocenters. The Labute approximate surface area is 151 Å². The fraction of sp³-hybridized carbons (Fsp3) is 0.235. The Hall–Kier alpha value is -1.53. The van der Waals surface area contributed by atoms with Crippen LogP contribution in [0, 0.1) is 0 Å². The number of halogens is 2. The predicted octanol–water partition coefficient (Wildman–Crippen LogP) is 4.25. The average Bonchev–Trinajstić information content (AvgIpc) is 2.87. The molecule has 0 bridgehead atoms. The molecule has 2 N–H and O–H groups in total. The Morgan fingerprint density at radius 2 is 1.96 bits per heavy atom. The Balaban J connectivity index is 1.95. The van der Waals surface area contributed by atoms with E-state index in [0.29, 0.717) is 22.6 Å². The van der Waals surface area contributed by atoms with Crippen LogP contribution < -0.4 is 15.0 Å². The summed E-state index contributed by atoms with van der Waals surface area (Å²) >= 11 is 6.74. The first-order valence-corrected chi connectivity index (χ1v) is 8.97. The lowest BCUT2D eigenvalue weighted by Crippen LogP contribution is -2.38. The molecule has 2 aromatic carbocycles. The molecule has 3 aromatic rings. The summed E-state index contributed by atoms with van der Waals surface area (Å²) in [6.07, 6.45) is 0. The normalized spacial score (nSPS) is 11.3. The van der Waals surface area contributed by atoms with E-state index in [1.807, 2.05) is 24.3 Å². The van der Waals surface area contributed by atoms with Gasteiger partial charge in [0, 0.05) is 8.95 Å². The van der Waals surface area contributed by atoms with Crippen LogP contribution in [0.5, 0.6) is 5.75 Å². The second kappa shape index (κ2) is 6.53. The Morgan fingerprint density at radius 1 is 1.22 bits per heavy atom. The van der Waals surface area contributed by atoms with Crippen LogP contribution in [-0.2, 0) is 6.54 Å². The highest BCUT2D eigenvalue weighted by molar-refractivity contribution is 9.11. The summed E-state index contributed by atoms with van der Waals surface area (Å²) in [5, 5.41) is 15.6. The number of hydrogen-bond donors (Lipinski definition) is 2. The number of nitrogens with one attached hydrogen (secondary N) is 2. The van der Waals surface area contributed by atoms with E-state index in [4.69, 9.17) is 0 Å². The molecular formula is C17H17Br2N3O. The molecule has 23 heavy (non-hydrogen) atoms. The van der Waals surface area contributed by atoms with Gasteiger partial charge in [0.15, 0.2) is 0 Å². The molecule has 0 aliphatic carbocycles. The molecular weight excluding hydrogens is 422 g/mol. The van der Waals surface area contributed by atoms with E-state index < -0.39 is 0 Å². The predicted molar refractivity (Wildman–Crippen MR) is 97.5 cm³/mol. The van der Waals surface area contributed by atoms with Crippen LogP contribution in [-0.4, -0.2) is 4.98 Å². The van der Waals surface area contributed by atoms with E-state index in [9.17, 15) is 5.11 Å². The Kier molecular flexibility index (Phi) is 4.64. The van der Waals surface area contributed by atoms with E-state index in [0.717, 1.165) is 21.5 Å². The number of H-pyrrole nitrogens is 1. The van der Waals surface area contributed by atoms with Gasteiger partial charge in [0.1, 0.15) is 11.0 Å². The fourth-order valence-electron chi connectivity index (χ4n) is 2.69. The molecule has 0 saturated heterocycles. The van der Waals surface area contributed by atoms with Gasteiger partial charge in [-0.1, -0.05) is 49.7 Å². The van der Waals surface area contributed by atoms with Gasteiger partial charge < -0.3 is 5.11 Å². The lowest BCUT2D eigenvalue weighted by Gasteiger charge is -2.16. The Bertz CT molecular complexity index is 858. The zero-order valence-corrected chi connectivity index (χ0v) is 16.0. The molecule has 1 heterocycles. The maximum atomic E-state index is 12.2. The van der Waals surface area contributed by atoms with E-state index in [2.05, 4.69) is 66.6 Å². The number of aromatic nitrogens is 2. The molecule has 0 fully saturated rings. The molecule has 1 aromatic heterocycles. The molecule has 0 saturated carbocycles. The molecule has 0 aliphatic rings. The lowest BCUT2D eigenvalue weighted by atomic mass is 10.2. The number of hydrogen-bond acceptors (Lipinski definition) is 2. The van der Waals surface area contributed by atoms with Crippen molar-refractivity contribution in [1.29, 1.82) is 0 Å². The van der Waals surface area contributed by atoms with E-state index in [1.165, 1.54) is 0 Å². The third-order valence-electron chi connectivity index (χ3n) is 3.71. The number of imidazole rings is 1. The molecule has 0 aliphatic heterocycles. The van der Waals surface area contributed by atoms with Crippen molar-refractivity contribution in [3.05, 3.63) is 50.9 Å². The minimum absolute atomic E-state index is 0.00732. The van der Waals surface area contributed by atoms with E-state index >= 15 is 0 Å². The molecule has 6 heteroatoms. The zero-order valence-electron chi connectivity index (χ0n) is 12.9. The number of rotatable bonds is 4. The molecule has 4 nitrogen and oxygen atoms in total. The van der Waals surface area contributed by atoms with Crippen molar-refractivity contribution in [1.82, 2.24) is 4.98 Å². The van der Waals surface area contributed by atoms with Crippen molar-refractivity contribution >= 4 is 48.8 Å². The third-order valence-corrected chi connectivity index (χ3v) is 4.75. The summed E-state index contributed by atoms with van der Waals surface area (Å²) < 4.78 is 3.65. The van der Waals surface area contributed by atoms with Gasteiger partial charge in [-0.25, -0.2) is 9.55 Å². The van der Waals surface area contributed by atoms with Gasteiger partial charge in [0.05, 0.1) is 12.6 Å². The highest BCUT2D eigenvalue weighted by Crippen LogP contribution is 2.30. The molecule has 3 rings (SSSR count). The van der Waals surface area contributed by atoms with Crippen molar-refractivity contribution in [2.45, 2.75) is 26.4 Å². The largest absolute Gasteiger partial charge is 0.871 e. The average molecular weight is 439 g/mol. The second-order valence-corrected chi connectivity index (χ2v) is 7.45. The van der Waals surface area contributed by atoms with Crippen LogP contribution in [0.15, 0.2) is 45.3 Å². The van der Waals surface area contributed by atoms with Crippen LogP contribution in [0.1, 0.15) is 25.5 Å². The standard InChI is InChI=1S/C17H17Br2N3O/c1-10(2)22-15-6-4-3-5-14(15)21-17(22)20-9-11-7-12(18)8-13(19)16(11)23/h3-8,10H,9H2,1-2H3,(H2,20,21,23). The number of aromatic amines is 1. The van der Waals surface area contributed by atoms with Gasteiger partial charge >= 0.3 is 5.95 Å².